The molecule has 0 aliphatic carbocycles. The van der Waals surface area contributed by atoms with Crippen LogP contribution in [-0.2, 0) is 10.8 Å². The van der Waals surface area contributed by atoms with E-state index in [9.17, 15) is 0 Å². The normalized spacial score (nSPS) is 12.6. The van der Waals surface area contributed by atoms with Crippen LogP contribution in [0.3, 0.4) is 0 Å². The van der Waals surface area contributed by atoms with Gasteiger partial charge in [0, 0.05) is 53.1 Å². The molecule has 2 aromatic heterocycles. The van der Waals surface area contributed by atoms with Gasteiger partial charge in [0.05, 0.1) is 32.1 Å². The van der Waals surface area contributed by atoms with Crippen molar-refractivity contribution in [1.82, 2.24) is 0 Å². The summed E-state index contributed by atoms with van der Waals surface area (Å²) in [5, 5.41) is 12.7. The lowest BCUT2D eigenvalue weighted by Gasteiger charge is -2.31. The van der Waals surface area contributed by atoms with Gasteiger partial charge in [-0.1, -0.05) is 178 Å². The van der Waals surface area contributed by atoms with Gasteiger partial charge in [0.2, 0.25) is 0 Å². The van der Waals surface area contributed by atoms with Crippen molar-refractivity contribution < 1.29 is 0 Å². The molecule has 0 N–H and O–H groups in total. The van der Waals surface area contributed by atoms with E-state index in [1.807, 2.05) is 22.7 Å². The molecular formula is C68H62N2S2. The number of benzene rings is 10. The molecule has 0 spiro atoms. The number of hydrogen-bond acceptors (Lipinski definition) is 4. The van der Waals surface area contributed by atoms with E-state index in [-0.39, 0.29) is 10.8 Å². The van der Waals surface area contributed by atoms with E-state index in [4.69, 9.17) is 0 Å². The highest BCUT2D eigenvalue weighted by atomic mass is 32.1. The van der Waals surface area contributed by atoms with Gasteiger partial charge in [0.25, 0.3) is 0 Å². The van der Waals surface area contributed by atoms with Crippen LogP contribution in [0.25, 0.3) is 72.7 Å². The van der Waals surface area contributed by atoms with Crippen molar-refractivity contribution in [3.8, 4) is 0 Å². The molecule has 12 aromatic rings. The fourth-order valence-corrected chi connectivity index (χ4v) is 13.4. The van der Waals surface area contributed by atoms with Gasteiger partial charge >= 0.3 is 0 Å². The molecule has 12 rings (SSSR count). The first-order chi connectivity index (χ1) is 34.6. The van der Waals surface area contributed by atoms with Crippen LogP contribution in [0.4, 0.5) is 34.1 Å². The lowest BCUT2D eigenvalue weighted by molar-refractivity contribution is 0.591. The zero-order valence-electron chi connectivity index (χ0n) is 43.2. The van der Waals surface area contributed by atoms with E-state index in [1.54, 1.807) is 0 Å². The van der Waals surface area contributed by atoms with Gasteiger partial charge in [-0.2, -0.15) is 0 Å². The Bertz CT molecular complexity index is 3790. The summed E-state index contributed by atoms with van der Waals surface area (Å²) in [7, 11) is 0. The molecule has 10 aromatic carbocycles. The molecule has 0 saturated carbocycles. The summed E-state index contributed by atoms with van der Waals surface area (Å²) in [6.07, 6.45) is 0. The highest BCUT2D eigenvalue weighted by Gasteiger charge is 2.27. The maximum absolute atomic E-state index is 2.55. The van der Waals surface area contributed by atoms with Crippen molar-refractivity contribution in [3.63, 3.8) is 0 Å². The third-order valence-electron chi connectivity index (χ3n) is 15.1. The second-order valence-electron chi connectivity index (χ2n) is 22.6. The topological polar surface area (TPSA) is 6.48 Å². The van der Waals surface area contributed by atoms with Crippen molar-refractivity contribution in [2.45, 2.75) is 91.9 Å². The van der Waals surface area contributed by atoms with Gasteiger partial charge in [0.1, 0.15) is 0 Å². The van der Waals surface area contributed by atoms with E-state index in [2.05, 4.69) is 261 Å². The van der Waals surface area contributed by atoms with Crippen LogP contribution >= 0.6 is 22.7 Å². The van der Waals surface area contributed by atoms with Gasteiger partial charge < -0.3 is 9.80 Å². The van der Waals surface area contributed by atoms with Gasteiger partial charge in [-0.25, -0.2) is 0 Å². The predicted molar refractivity (Wildman–Crippen MR) is 320 cm³/mol. The Kier molecular flexibility index (Phi) is 11.1. The van der Waals surface area contributed by atoms with Gasteiger partial charge in [0.15, 0.2) is 0 Å². The Hall–Kier alpha value is -6.98. The summed E-state index contributed by atoms with van der Waals surface area (Å²) in [5.74, 6) is 0.872. The van der Waals surface area contributed by atoms with Crippen LogP contribution < -0.4 is 9.80 Å². The smallest absolute Gasteiger partial charge is 0.0640 e. The second kappa shape index (κ2) is 17.4. The first-order valence-electron chi connectivity index (χ1n) is 25.7. The fraction of sp³-hybridized carbons (Fsp3) is 0.206. The Balaban J connectivity index is 1.15. The van der Waals surface area contributed by atoms with Crippen molar-refractivity contribution >= 4 is 129 Å². The molecule has 356 valence electrons. The van der Waals surface area contributed by atoms with Gasteiger partial charge in [-0.15, -0.1) is 22.7 Å². The minimum atomic E-state index is -0.120. The summed E-state index contributed by atoms with van der Waals surface area (Å²) in [6.45, 7) is 23.2. The minimum Gasteiger partial charge on any atom is -0.308 e. The zero-order valence-corrected chi connectivity index (χ0v) is 44.8. The van der Waals surface area contributed by atoms with E-state index >= 15 is 0 Å². The Labute approximate surface area is 432 Å². The molecule has 2 nitrogen and oxygen atoms in total. The standard InChI is InChI=1S/C68H62N2S2/c1-41(2)43-25-29-47(30-26-43)69(59-21-15-19-55-53-17-11-13-23-63(53)71-65(55)59)61-39-45(67(5,6)7)37-57-49-34-36-52-58(50(49)33-35-51(57)61)38-46(68(8,9)10)40-62(52)70(48-31-27-44(28-32-48)42(3)4)60-22-16-20-56-54-18-12-14-24-64(54)72-66(56)60/h11-42H,1-10H3. The van der Waals surface area contributed by atoms with E-state index in [1.165, 1.54) is 118 Å². The summed E-state index contributed by atoms with van der Waals surface area (Å²) in [4.78, 5) is 5.11. The van der Waals surface area contributed by atoms with Crippen LogP contribution in [0.1, 0.15) is 103 Å². The molecule has 0 radical (unpaired) electrons. The molecule has 0 bridgehead atoms. The highest BCUT2D eigenvalue weighted by molar-refractivity contribution is 7.26. The third kappa shape index (κ3) is 7.74. The van der Waals surface area contributed by atoms with Crippen LogP contribution in [0.2, 0.25) is 0 Å². The first-order valence-corrected chi connectivity index (χ1v) is 27.3. The summed E-state index contributed by atoms with van der Waals surface area (Å²) >= 11 is 3.79. The Morgan fingerprint density at radius 1 is 0.319 bits per heavy atom. The van der Waals surface area contributed by atoms with Crippen molar-refractivity contribution in [2.75, 3.05) is 9.80 Å². The molecule has 4 heteroatoms. The molecule has 0 saturated heterocycles. The quantitative estimate of drug-likeness (QED) is 0.140. The van der Waals surface area contributed by atoms with Crippen molar-refractivity contribution in [2.24, 2.45) is 0 Å². The van der Waals surface area contributed by atoms with Crippen LogP contribution in [0, 0.1) is 0 Å². The molecule has 0 unspecified atom stereocenters. The molecule has 0 aliphatic rings. The molecular weight excluding hydrogens is 909 g/mol. The monoisotopic (exact) mass is 970 g/mol. The minimum absolute atomic E-state index is 0.120. The number of thiophene rings is 2. The van der Waals surface area contributed by atoms with Crippen molar-refractivity contribution in [3.05, 3.63) is 204 Å². The van der Waals surface area contributed by atoms with E-state index in [0.717, 1.165) is 11.4 Å². The molecule has 0 atom stereocenters. The van der Waals surface area contributed by atoms with Gasteiger partial charge in [-0.05, 0) is 139 Å². The maximum atomic E-state index is 2.55. The van der Waals surface area contributed by atoms with Crippen molar-refractivity contribution in [1.29, 1.82) is 0 Å². The number of rotatable bonds is 8. The number of nitrogens with zero attached hydrogens (tertiary/aromatic N) is 2. The Morgan fingerprint density at radius 3 is 1.06 bits per heavy atom. The summed E-state index contributed by atoms with van der Waals surface area (Å²) < 4.78 is 5.21. The average Bonchev–Trinajstić information content (AvgIpc) is 3.95. The Morgan fingerprint density at radius 2 is 0.681 bits per heavy atom. The largest absolute Gasteiger partial charge is 0.308 e. The first kappa shape index (κ1) is 46.1. The SMILES string of the molecule is CC(C)c1ccc(N(c2cc(C(C)(C)C)cc3c2ccc2c4cc(C(C)(C)C)cc(N(c5ccc(C(C)C)cc5)c5cccc6c5sc5ccccc56)c4ccc32)c2cccc3c2sc2ccccc23)cc1. The fourth-order valence-electron chi connectivity index (χ4n) is 10.9. The van der Waals surface area contributed by atoms with E-state index in [0.29, 0.717) is 11.8 Å². The van der Waals surface area contributed by atoms with Crippen LogP contribution in [-0.4, -0.2) is 0 Å². The van der Waals surface area contributed by atoms with E-state index < -0.39 is 0 Å². The highest BCUT2D eigenvalue weighted by Crippen LogP contribution is 2.51. The average molecular weight is 971 g/mol. The maximum Gasteiger partial charge on any atom is 0.0640 e. The zero-order chi connectivity index (χ0) is 49.8. The molecule has 0 aliphatic heterocycles. The molecule has 0 fully saturated rings. The second-order valence-corrected chi connectivity index (χ2v) is 24.7. The number of fused-ring (bicyclic) bond motifs is 11. The van der Waals surface area contributed by atoms with Crippen LogP contribution in [0.5, 0.6) is 0 Å². The summed E-state index contributed by atoms with van der Waals surface area (Å²) in [5.41, 5.74) is 12.2. The molecule has 2 heterocycles. The lowest BCUT2D eigenvalue weighted by atomic mass is 9.82. The van der Waals surface area contributed by atoms with Crippen LogP contribution in [0.15, 0.2) is 182 Å². The third-order valence-corrected chi connectivity index (χ3v) is 17.5. The summed E-state index contributed by atoms with van der Waals surface area (Å²) in [6, 6.07) is 69.7. The molecule has 72 heavy (non-hydrogen) atoms. The predicted octanol–water partition coefficient (Wildman–Crippen LogP) is 21.7. The molecule has 0 amide bonds. The number of anilines is 6. The van der Waals surface area contributed by atoms with Gasteiger partial charge in [-0.3, -0.25) is 0 Å². The lowest BCUT2D eigenvalue weighted by Crippen LogP contribution is -2.16. The number of hydrogen-bond donors (Lipinski definition) is 0.